The van der Waals surface area contributed by atoms with Crippen LogP contribution in [0.25, 0.3) is 0 Å². The molecule has 2 nitrogen and oxygen atoms in total. The van der Waals surface area contributed by atoms with Gasteiger partial charge in [-0.3, -0.25) is 4.79 Å². The summed E-state index contributed by atoms with van der Waals surface area (Å²) in [5.41, 5.74) is 4.46. The molecule has 1 unspecified atom stereocenters. The lowest BCUT2D eigenvalue weighted by atomic mass is 10.1. The number of carbonyl (C=O) groups excluding carboxylic acids is 1. The molecular formula is C19H20O2. The van der Waals surface area contributed by atoms with Crippen LogP contribution in [0.1, 0.15) is 40.9 Å². The average Bonchev–Trinajstić information content (AvgIpc) is 2.80. The quantitative estimate of drug-likeness (QED) is 0.839. The van der Waals surface area contributed by atoms with Gasteiger partial charge in [-0.2, -0.15) is 0 Å². The van der Waals surface area contributed by atoms with Gasteiger partial charge in [0.25, 0.3) is 0 Å². The Morgan fingerprint density at radius 1 is 1.10 bits per heavy atom. The maximum absolute atomic E-state index is 12.0. The molecule has 0 aromatic heterocycles. The Labute approximate surface area is 125 Å². The predicted molar refractivity (Wildman–Crippen MR) is 83.8 cm³/mol. The van der Waals surface area contributed by atoms with Crippen LogP contribution in [-0.2, 0) is 19.4 Å². The molecule has 0 bridgehead atoms. The number of Topliss-reactive ketones (excluding diaryl/α,β-unsaturated/α-hetero) is 1. The summed E-state index contributed by atoms with van der Waals surface area (Å²) < 4.78 is 5.82. The van der Waals surface area contributed by atoms with Gasteiger partial charge in [0, 0.05) is 11.5 Å². The standard InChI is InChI=1S/C19H20O2/c1-3-14-4-6-15(7-5-14)12-21-17-9-8-16-10-13(2)19(20)18(16)11-17/h4-9,11,13H,3,10,12H2,1-2H3. The summed E-state index contributed by atoms with van der Waals surface area (Å²) in [6, 6.07) is 14.3. The first-order chi connectivity index (χ1) is 10.2. The summed E-state index contributed by atoms with van der Waals surface area (Å²) in [6.45, 7) is 4.67. The maximum Gasteiger partial charge on any atom is 0.166 e. The third-order valence-corrected chi connectivity index (χ3v) is 4.16. The van der Waals surface area contributed by atoms with Crippen molar-refractivity contribution in [2.75, 3.05) is 0 Å². The van der Waals surface area contributed by atoms with Crippen molar-refractivity contribution in [2.24, 2.45) is 5.92 Å². The molecule has 0 N–H and O–H groups in total. The van der Waals surface area contributed by atoms with Crippen LogP contribution in [0.5, 0.6) is 5.75 Å². The van der Waals surface area contributed by atoms with E-state index in [1.54, 1.807) is 0 Å². The molecule has 1 aliphatic rings. The number of benzene rings is 2. The summed E-state index contributed by atoms with van der Waals surface area (Å²) in [7, 11) is 0. The van der Waals surface area contributed by atoms with Crippen LogP contribution >= 0.6 is 0 Å². The van der Waals surface area contributed by atoms with E-state index in [1.807, 2.05) is 25.1 Å². The normalized spacial score (nSPS) is 16.9. The molecule has 2 aromatic rings. The lowest BCUT2D eigenvalue weighted by Gasteiger charge is -2.08. The van der Waals surface area contributed by atoms with Gasteiger partial charge >= 0.3 is 0 Å². The van der Waals surface area contributed by atoms with Crippen LogP contribution in [0.2, 0.25) is 0 Å². The van der Waals surface area contributed by atoms with Crippen molar-refractivity contribution in [1.29, 1.82) is 0 Å². The van der Waals surface area contributed by atoms with Crippen LogP contribution in [0.4, 0.5) is 0 Å². The van der Waals surface area contributed by atoms with Gasteiger partial charge in [-0.15, -0.1) is 0 Å². The van der Waals surface area contributed by atoms with Crippen LogP contribution in [0, 0.1) is 5.92 Å². The van der Waals surface area contributed by atoms with Gasteiger partial charge in [0.05, 0.1) is 0 Å². The van der Waals surface area contributed by atoms with E-state index < -0.39 is 0 Å². The molecule has 1 atom stereocenters. The fourth-order valence-electron chi connectivity index (χ4n) is 2.78. The molecule has 21 heavy (non-hydrogen) atoms. The van der Waals surface area contributed by atoms with Gasteiger partial charge < -0.3 is 4.74 Å². The summed E-state index contributed by atoms with van der Waals surface area (Å²) in [6.07, 6.45) is 1.90. The van der Waals surface area contributed by atoms with Crippen molar-refractivity contribution < 1.29 is 9.53 Å². The molecule has 0 saturated heterocycles. The van der Waals surface area contributed by atoms with Gasteiger partial charge in [0.1, 0.15) is 12.4 Å². The predicted octanol–water partition coefficient (Wildman–Crippen LogP) is 4.20. The van der Waals surface area contributed by atoms with E-state index in [-0.39, 0.29) is 11.7 Å². The van der Waals surface area contributed by atoms with E-state index in [9.17, 15) is 4.79 Å². The van der Waals surface area contributed by atoms with Gasteiger partial charge in [0.15, 0.2) is 5.78 Å². The SMILES string of the molecule is CCc1ccc(COc2ccc3c(c2)C(=O)C(C)C3)cc1. The molecule has 108 valence electrons. The molecule has 0 heterocycles. The Bertz CT molecular complexity index is 656. The van der Waals surface area contributed by atoms with Crippen molar-refractivity contribution in [1.82, 2.24) is 0 Å². The molecule has 0 saturated carbocycles. The number of hydrogen-bond acceptors (Lipinski definition) is 2. The minimum absolute atomic E-state index is 0.108. The van der Waals surface area contributed by atoms with E-state index in [1.165, 1.54) is 5.56 Å². The zero-order valence-corrected chi connectivity index (χ0v) is 12.6. The molecule has 0 fully saturated rings. The van der Waals surface area contributed by atoms with Crippen molar-refractivity contribution in [3.63, 3.8) is 0 Å². The molecule has 0 spiro atoms. The summed E-state index contributed by atoms with van der Waals surface area (Å²) in [4.78, 5) is 12.0. The molecule has 0 amide bonds. The third-order valence-electron chi connectivity index (χ3n) is 4.16. The van der Waals surface area contributed by atoms with Gasteiger partial charge in [-0.05, 0) is 41.7 Å². The number of rotatable bonds is 4. The molecule has 3 rings (SSSR count). The van der Waals surface area contributed by atoms with Gasteiger partial charge in [0.2, 0.25) is 0 Å². The Morgan fingerprint density at radius 3 is 2.52 bits per heavy atom. The summed E-state index contributed by atoms with van der Waals surface area (Å²) >= 11 is 0. The Morgan fingerprint density at radius 2 is 1.81 bits per heavy atom. The smallest absolute Gasteiger partial charge is 0.166 e. The van der Waals surface area contributed by atoms with Crippen LogP contribution in [-0.4, -0.2) is 5.78 Å². The molecular weight excluding hydrogens is 260 g/mol. The van der Waals surface area contributed by atoms with E-state index in [0.717, 1.165) is 35.3 Å². The molecule has 2 heteroatoms. The topological polar surface area (TPSA) is 26.3 Å². The summed E-state index contributed by atoms with van der Waals surface area (Å²) in [5.74, 6) is 1.12. The monoisotopic (exact) mass is 280 g/mol. The van der Waals surface area contributed by atoms with Crippen molar-refractivity contribution in [2.45, 2.75) is 33.3 Å². The first-order valence-electron chi connectivity index (χ1n) is 7.55. The maximum atomic E-state index is 12.0. The molecule has 0 aliphatic heterocycles. The lowest BCUT2D eigenvalue weighted by molar-refractivity contribution is 0.0946. The van der Waals surface area contributed by atoms with Crippen LogP contribution in [0.15, 0.2) is 42.5 Å². The Balaban J connectivity index is 1.70. The summed E-state index contributed by atoms with van der Waals surface area (Å²) in [5, 5.41) is 0. The van der Waals surface area contributed by atoms with Crippen LogP contribution < -0.4 is 4.74 Å². The Hall–Kier alpha value is -2.09. The highest BCUT2D eigenvalue weighted by molar-refractivity contribution is 6.02. The highest BCUT2D eigenvalue weighted by Gasteiger charge is 2.27. The second kappa shape index (κ2) is 5.72. The van der Waals surface area contributed by atoms with E-state index in [0.29, 0.717) is 6.61 Å². The number of carbonyl (C=O) groups is 1. The minimum atomic E-state index is 0.108. The fraction of sp³-hybridized carbons (Fsp3) is 0.316. The van der Waals surface area contributed by atoms with Crippen molar-refractivity contribution in [3.8, 4) is 5.75 Å². The number of hydrogen-bond donors (Lipinski definition) is 0. The first-order valence-corrected chi connectivity index (χ1v) is 7.55. The third kappa shape index (κ3) is 2.85. The number of aryl methyl sites for hydroxylation is 1. The zero-order chi connectivity index (χ0) is 14.8. The van der Waals surface area contributed by atoms with E-state index in [2.05, 4.69) is 31.2 Å². The van der Waals surface area contributed by atoms with Crippen molar-refractivity contribution in [3.05, 3.63) is 64.7 Å². The minimum Gasteiger partial charge on any atom is -0.489 e. The largest absolute Gasteiger partial charge is 0.489 e. The van der Waals surface area contributed by atoms with Crippen molar-refractivity contribution >= 4 is 5.78 Å². The molecule has 0 radical (unpaired) electrons. The van der Waals surface area contributed by atoms with E-state index in [4.69, 9.17) is 4.74 Å². The number of fused-ring (bicyclic) bond motifs is 1. The highest BCUT2D eigenvalue weighted by atomic mass is 16.5. The van der Waals surface area contributed by atoms with Gasteiger partial charge in [-0.1, -0.05) is 44.2 Å². The van der Waals surface area contributed by atoms with Gasteiger partial charge in [-0.25, -0.2) is 0 Å². The molecule has 1 aliphatic carbocycles. The second-order valence-electron chi connectivity index (χ2n) is 5.75. The zero-order valence-electron chi connectivity index (χ0n) is 12.6. The molecule has 2 aromatic carbocycles. The average molecular weight is 280 g/mol. The fourth-order valence-corrected chi connectivity index (χ4v) is 2.78. The van der Waals surface area contributed by atoms with Crippen LogP contribution in [0.3, 0.4) is 0 Å². The lowest BCUT2D eigenvalue weighted by Crippen LogP contribution is -2.03. The first kappa shape index (κ1) is 13.9. The van der Waals surface area contributed by atoms with E-state index >= 15 is 0 Å². The number of ketones is 1. The highest BCUT2D eigenvalue weighted by Crippen LogP contribution is 2.29. The Kier molecular flexibility index (Phi) is 3.78. The number of ether oxygens (including phenoxy) is 1. The second-order valence-corrected chi connectivity index (χ2v) is 5.75.